The maximum absolute atomic E-state index is 13.9. The van der Waals surface area contributed by atoms with Crippen LogP contribution in [0, 0.1) is 5.82 Å². The molecule has 0 aliphatic carbocycles. The first-order valence-electron chi connectivity index (χ1n) is 6.36. The van der Waals surface area contributed by atoms with Crippen LogP contribution in [0.15, 0.2) is 58.4 Å². The van der Waals surface area contributed by atoms with Crippen molar-refractivity contribution >= 4 is 39.3 Å². The Morgan fingerprint density at radius 3 is 2.86 bits per heavy atom. The molecule has 0 saturated heterocycles. The van der Waals surface area contributed by atoms with E-state index in [0.29, 0.717) is 21.5 Å². The molecule has 1 aromatic heterocycles. The van der Waals surface area contributed by atoms with Crippen molar-refractivity contribution in [2.24, 2.45) is 0 Å². The van der Waals surface area contributed by atoms with Gasteiger partial charge in [-0.25, -0.2) is 4.39 Å². The van der Waals surface area contributed by atoms with Crippen LogP contribution in [0.25, 0.3) is 5.69 Å². The van der Waals surface area contributed by atoms with E-state index >= 15 is 0 Å². The fraction of sp³-hybridized carbons (Fsp3) is 0.0667. The van der Waals surface area contributed by atoms with Crippen molar-refractivity contribution in [3.05, 3.63) is 69.7 Å². The molecule has 0 amide bonds. The fourth-order valence-electron chi connectivity index (χ4n) is 1.91. The van der Waals surface area contributed by atoms with Gasteiger partial charge in [-0.05, 0) is 35.9 Å². The summed E-state index contributed by atoms with van der Waals surface area (Å²) in [5.74, 6) is 0.231. The second kappa shape index (κ2) is 6.81. The van der Waals surface area contributed by atoms with Gasteiger partial charge >= 0.3 is 0 Å². The third kappa shape index (κ3) is 3.51. The summed E-state index contributed by atoms with van der Waals surface area (Å²) in [5.41, 5.74) is 1.49. The Morgan fingerprint density at radius 2 is 2.09 bits per heavy atom. The number of hydrogen-bond acceptors (Lipinski definition) is 3. The minimum atomic E-state index is -0.240. The zero-order valence-corrected chi connectivity index (χ0v) is 14.4. The quantitative estimate of drug-likeness (QED) is 0.572. The molecule has 0 spiro atoms. The van der Waals surface area contributed by atoms with E-state index in [0.717, 1.165) is 10.2 Å². The first-order chi connectivity index (χ1) is 10.6. The number of hydrogen-bond donors (Lipinski definition) is 0. The van der Waals surface area contributed by atoms with E-state index in [-0.39, 0.29) is 5.82 Å². The van der Waals surface area contributed by atoms with Gasteiger partial charge in [0.2, 0.25) is 0 Å². The molecular formula is C15H10BrClFN3S. The van der Waals surface area contributed by atoms with Crippen molar-refractivity contribution in [1.29, 1.82) is 0 Å². The van der Waals surface area contributed by atoms with Gasteiger partial charge < -0.3 is 0 Å². The second-order valence-corrected chi connectivity index (χ2v) is 6.78. The zero-order chi connectivity index (χ0) is 15.5. The molecule has 1 heterocycles. The van der Waals surface area contributed by atoms with Gasteiger partial charge in [-0.2, -0.15) is 0 Å². The Balaban J connectivity index is 1.81. The predicted octanol–water partition coefficient (Wildman–Crippen LogP) is 5.11. The molecule has 0 N–H and O–H groups in total. The van der Waals surface area contributed by atoms with Crippen molar-refractivity contribution in [3.8, 4) is 5.69 Å². The lowest BCUT2D eigenvalue weighted by atomic mass is 10.2. The van der Waals surface area contributed by atoms with Gasteiger partial charge in [0, 0.05) is 15.2 Å². The molecule has 2 aromatic carbocycles. The van der Waals surface area contributed by atoms with Crippen LogP contribution in [0.1, 0.15) is 5.56 Å². The average Bonchev–Trinajstić information content (AvgIpc) is 2.95. The zero-order valence-electron chi connectivity index (χ0n) is 11.2. The van der Waals surface area contributed by atoms with Gasteiger partial charge in [-0.1, -0.05) is 51.4 Å². The third-order valence-corrected chi connectivity index (χ3v) is 4.69. The van der Waals surface area contributed by atoms with Crippen molar-refractivity contribution < 1.29 is 4.39 Å². The molecule has 3 nitrogen and oxygen atoms in total. The fourth-order valence-corrected chi connectivity index (χ4v) is 3.34. The largest absolute Gasteiger partial charge is 0.277 e. The summed E-state index contributed by atoms with van der Waals surface area (Å²) < 4.78 is 16.4. The van der Waals surface area contributed by atoms with Crippen LogP contribution in [0.4, 0.5) is 4.39 Å². The topological polar surface area (TPSA) is 30.7 Å². The lowest BCUT2D eigenvalue weighted by molar-refractivity contribution is 0.616. The summed E-state index contributed by atoms with van der Waals surface area (Å²) in [6.45, 7) is 0. The molecule has 0 fully saturated rings. The lowest BCUT2D eigenvalue weighted by Crippen LogP contribution is -1.96. The number of aromatic nitrogens is 3. The van der Waals surface area contributed by atoms with Gasteiger partial charge in [0.1, 0.15) is 12.1 Å². The first kappa shape index (κ1) is 15.5. The molecule has 0 atom stereocenters. The van der Waals surface area contributed by atoms with E-state index in [1.165, 1.54) is 17.8 Å². The maximum atomic E-state index is 13.9. The molecule has 22 heavy (non-hydrogen) atoms. The Hall–Kier alpha value is -1.37. The van der Waals surface area contributed by atoms with Crippen LogP contribution in [-0.2, 0) is 5.75 Å². The minimum Gasteiger partial charge on any atom is -0.277 e. The standard InChI is InChI=1S/C15H10BrClFN3S/c16-11-5-4-10(14(18)6-11)8-22-15-20-19-9-21(15)13-3-1-2-12(17)7-13/h1-7,9H,8H2. The van der Waals surface area contributed by atoms with Crippen LogP contribution in [-0.4, -0.2) is 14.8 Å². The van der Waals surface area contributed by atoms with Gasteiger partial charge in [-0.3, -0.25) is 4.57 Å². The summed E-state index contributed by atoms with van der Waals surface area (Å²) in [6.07, 6.45) is 1.62. The summed E-state index contributed by atoms with van der Waals surface area (Å²) in [4.78, 5) is 0. The van der Waals surface area contributed by atoms with E-state index in [4.69, 9.17) is 11.6 Å². The smallest absolute Gasteiger partial charge is 0.195 e. The summed E-state index contributed by atoms with van der Waals surface area (Å²) in [7, 11) is 0. The second-order valence-electron chi connectivity index (χ2n) is 4.49. The average molecular weight is 399 g/mol. The van der Waals surface area contributed by atoms with E-state index in [9.17, 15) is 4.39 Å². The molecule has 0 saturated carbocycles. The highest BCUT2D eigenvalue weighted by Gasteiger charge is 2.10. The van der Waals surface area contributed by atoms with E-state index in [1.54, 1.807) is 18.5 Å². The molecule has 0 aliphatic heterocycles. The lowest BCUT2D eigenvalue weighted by Gasteiger charge is -2.07. The van der Waals surface area contributed by atoms with Gasteiger partial charge in [0.05, 0.1) is 5.69 Å². The Labute approximate surface area is 144 Å². The predicted molar refractivity (Wildman–Crippen MR) is 90.0 cm³/mol. The SMILES string of the molecule is Fc1cc(Br)ccc1CSc1nncn1-c1cccc(Cl)c1. The van der Waals surface area contributed by atoms with Crippen LogP contribution in [0.5, 0.6) is 0 Å². The van der Waals surface area contributed by atoms with Crippen molar-refractivity contribution in [2.45, 2.75) is 10.9 Å². The highest BCUT2D eigenvalue weighted by atomic mass is 79.9. The summed E-state index contributed by atoms with van der Waals surface area (Å²) in [6, 6.07) is 12.4. The number of thioether (sulfide) groups is 1. The van der Waals surface area contributed by atoms with Crippen LogP contribution >= 0.6 is 39.3 Å². The Kier molecular flexibility index (Phi) is 4.81. The normalized spacial score (nSPS) is 10.9. The van der Waals surface area contributed by atoms with Crippen molar-refractivity contribution in [1.82, 2.24) is 14.8 Å². The molecule has 0 radical (unpaired) electrons. The molecule has 0 unspecified atom stereocenters. The molecule has 3 aromatic rings. The number of rotatable bonds is 4. The number of nitrogens with zero attached hydrogens (tertiary/aromatic N) is 3. The number of halogens is 3. The minimum absolute atomic E-state index is 0.240. The summed E-state index contributed by atoms with van der Waals surface area (Å²) in [5, 5.41) is 9.34. The maximum Gasteiger partial charge on any atom is 0.195 e. The molecule has 0 bridgehead atoms. The van der Waals surface area contributed by atoms with Gasteiger partial charge in [0.25, 0.3) is 0 Å². The number of benzene rings is 2. The van der Waals surface area contributed by atoms with E-state index < -0.39 is 0 Å². The molecule has 3 rings (SSSR count). The third-order valence-electron chi connectivity index (χ3n) is 2.97. The van der Waals surface area contributed by atoms with Gasteiger partial charge in [-0.15, -0.1) is 10.2 Å². The molecular weight excluding hydrogens is 389 g/mol. The molecule has 112 valence electrons. The van der Waals surface area contributed by atoms with Crippen molar-refractivity contribution in [2.75, 3.05) is 0 Å². The van der Waals surface area contributed by atoms with E-state index in [2.05, 4.69) is 26.1 Å². The van der Waals surface area contributed by atoms with E-state index in [1.807, 2.05) is 28.8 Å². The Bertz CT molecular complexity index is 809. The van der Waals surface area contributed by atoms with Crippen LogP contribution in [0.2, 0.25) is 5.02 Å². The summed E-state index contributed by atoms with van der Waals surface area (Å²) >= 11 is 10.7. The molecule has 7 heteroatoms. The van der Waals surface area contributed by atoms with Gasteiger partial charge in [0.15, 0.2) is 5.16 Å². The van der Waals surface area contributed by atoms with Crippen LogP contribution in [0.3, 0.4) is 0 Å². The Morgan fingerprint density at radius 1 is 1.23 bits per heavy atom. The monoisotopic (exact) mass is 397 g/mol. The van der Waals surface area contributed by atoms with Crippen LogP contribution < -0.4 is 0 Å². The first-order valence-corrected chi connectivity index (χ1v) is 8.52. The molecule has 0 aliphatic rings. The highest BCUT2D eigenvalue weighted by Crippen LogP contribution is 2.26. The van der Waals surface area contributed by atoms with Crippen molar-refractivity contribution in [3.63, 3.8) is 0 Å². The highest BCUT2D eigenvalue weighted by molar-refractivity contribution is 9.10.